The predicted octanol–water partition coefficient (Wildman–Crippen LogP) is 0.206. The van der Waals surface area contributed by atoms with Crippen LogP contribution in [0.5, 0.6) is 0 Å². The van der Waals surface area contributed by atoms with Crippen molar-refractivity contribution >= 4 is 15.9 Å². The fourth-order valence-corrected chi connectivity index (χ4v) is 2.30. The van der Waals surface area contributed by atoms with Crippen LogP contribution in [0.2, 0.25) is 0 Å². The molecule has 0 unspecified atom stereocenters. The summed E-state index contributed by atoms with van der Waals surface area (Å²) in [6.07, 6.45) is 1.86. The number of anilines is 1. The number of nitrogens with two attached hydrogens (primary N) is 1. The molecule has 0 bridgehead atoms. The Hall–Kier alpha value is -1.11. The summed E-state index contributed by atoms with van der Waals surface area (Å²) in [6, 6.07) is 8.14. The normalized spacial score (nSPS) is 19.9. The van der Waals surface area contributed by atoms with Crippen molar-refractivity contribution in [1.82, 2.24) is 4.72 Å². The van der Waals surface area contributed by atoms with E-state index >= 15 is 0 Å². The van der Waals surface area contributed by atoms with Crippen LogP contribution >= 0.6 is 0 Å². The molecular weight excluding hydrogens is 226 g/mol. The third-order valence-electron chi connectivity index (χ3n) is 2.67. The van der Waals surface area contributed by atoms with Crippen molar-refractivity contribution in [3.8, 4) is 0 Å². The van der Waals surface area contributed by atoms with E-state index in [0.717, 1.165) is 18.5 Å². The molecule has 0 aliphatic carbocycles. The second-order valence-electron chi connectivity index (χ2n) is 3.93. The van der Waals surface area contributed by atoms with Crippen LogP contribution in [0.3, 0.4) is 0 Å². The lowest BCUT2D eigenvalue weighted by atomic mass is 9.98. The van der Waals surface area contributed by atoms with Gasteiger partial charge in [0.2, 0.25) is 0 Å². The van der Waals surface area contributed by atoms with Crippen molar-refractivity contribution in [2.75, 3.05) is 11.9 Å². The van der Waals surface area contributed by atoms with Crippen LogP contribution in [0.15, 0.2) is 24.3 Å². The number of para-hydroxylation sites is 1. The molecule has 16 heavy (non-hydrogen) atoms. The maximum atomic E-state index is 10.8. The quantitative estimate of drug-likeness (QED) is 0.707. The summed E-state index contributed by atoms with van der Waals surface area (Å²) < 4.78 is 23.8. The predicted molar refractivity (Wildman–Crippen MR) is 63.3 cm³/mol. The Morgan fingerprint density at radius 1 is 1.44 bits per heavy atom. The highest BCUT2D eigenvalue weighted by Gasteiger charge is 2.17. The second kappa shape index (κ2) is 4.40. The van der Waals surface area contributed by atoms with E-state index < -0.39 is 10.2 Å². The first-order chi connectivity index (χ1) is 7.54. The summed E-state index contributed by atoms with van der Waals surface area (Å²) in [5, 5.41) is 8.17. The second-order valence-corrected chi connectivity index (χ2v) is 5.31. The topological polar surface area (TPSA) is 84.2 Å². The van der Waals surface area contributed by atoms with E-state index in [-0.39, 0.29) is 6.04 Å². The van der Waals surface area contributed by atoms with Gasteiger partial charge in [-0.25, -0.2) is 9.86 Å². The van der Waals surface area contributed by atoms with Crippen LogP contribution < -0.4 is 15.2 Å². The summed E-state index contributed by atoms with van der Waals surface area (Å²) >= 11 is 0. The van der Waals surface area contributed by atoms with Gasteiger partial charge >= 0.3 is 0 Å². The third kappa shape index (κ3) is 2.94. The SMILES string of the molecule is NS(=O)(=O)NC[C@@H]1CCc2ccccc2N1. The van der Waals surface area contributed by atoms with Gasteiger partial charge in [0.05, 0.1) is 0 Å². The molecule has 0 amide bonds. The minimum absolute atomic E-state index is 0.105. The summed E-state index contributed by atoms with van der Waals surface area (Å²) in [5.74, 6) is 0. The maximum Gasteiger partial charge on any atom is 0.274 e. The zero-order valence-electron chi connectivity index (χ0n) is 8.81. The minimum Gasteiger partial charge on any atom is -0.381 e. The monoisotopic (exact) mass is 241 g/mol. The van der Waals surface area contributed by atoms with Gasteiger partial charge in [0, 0.05) is 18.3 Å². The molecule has 0 saturated heterocycles. The highest BCUT2D eigenvalue weighted by atomic mass is 32.2. The molecule has 6 heteroatoms. The van der Waals surface area contributed by atoms with Crippen LogP contribution in [-0.4, -0.2) is 21.0 Å². The Labute approximate surface area is 95.2 Å². The number of rotatable bonds is 3. The Bertz CT molecular complexity index is 473. The van der Waals surface area contributed by atoms with Crippen LogP contribution in [-0.2, 0) is 16.6 Å². The molecule has 0 saturated carbocycles. The number of hydrogen-bond acceptors (Lipinski definition) is 3. The van der Waals surface area contributed by atoms with Gasteiger partial charge in [0.25, 0.3) is 10.2 Å². The van der Waals surface area contributed by atoms with Crippen molar-refractivity contribution in [2.24, 2.45) is 5.14 Å². The first-order valence-electron chi connectivity index (χ1n) is 5.16. The fraction of sp³-hybridized carbons (Fsp3) is 0.400. The van der Waals surface area contributed by atoms with E-state index in [9.17, 15) is 8.42 Å². The Morgan fingerprint density at radius 3 is 2.94 bits per heavy atom. The smallest absolute Gasteiger partial charge is 0.274 e. The van der Waals surface area contributed by atoms with E-state index in [1.807, 2.05) is 18.2 Å². The van der Waals surface area contributed by atoms with Gasteiger partial charge in [-0.15, -0.1) is 0 Å². The molecule has 1 aliphatic rings. The van der Waals surface area contributed by atoms with Crippen LogP contribution in [0.4, 0.5) is 5.69 Å². The fourth-order valence-electron chi connectivity index (χ4n) is 1.87. The summed E-state index contributed by atoms with van der Waals surface area (Å²) in [5.41, 5.74) is 2.35. The number of fused-ring (bicyclic) bond motifs is 1. The Morgan fingerprint density at radius 2 is 2.19 bits per heavy atom. The standard InChI is InChI=1S/C10H15N3O2S/c11-16(14,15)12-7-9-6-5-8-3-1-2-4-10(8)13-9/h1-4,9,12-13H,5-7H2,(H2,11,14,15)/t9-/m0/s1. The molecular formula is C10H15N3O2S. The number of aryl methyl sites for hydroxylation is 1. The van der Waals surface area contributed by atoms with E-state index in [1.165, 1.54) is 5.56 Å². The molecule has 1 aromatic rings. The first kappa shape index (κ1) is 11.4. The van der Waals surface area contributed by atoms with Gasteiger partial charge in [-0.3, -0.25) is 0 Å². The zero-order chi connectivity index (χ0) is 11.6. The van der Waals surface area contributed by atoms with Gasteiger partial charge < -0.3 is 5.32 Å². The van der Waals surface area contributed by atoms with E-state index in [4.69, 9.17) is 5.14 Å². The van der Waals surface area contributed by atoms with Gasteiger partial charge in [0.15, 0.2) is 0 Å². The van der Waals surface area contributed by atoms with Crippen LogP contribution in [0.1, 0.15) is 12.0 Å². The average Bonchev–Trinajstić information content (AvgIpc) is 2.25. The van der Waals surface area contributed by atoms with Gasteiger partial charge in [-0.1, -0.05) is 18.2 Å². The highest BCUT2D eigenvalue weighted by molar-refractivity contribution is 7.87. The van der Waals surface area contributed by atoms with Gasteiger partial charge in [-0.05, 0) is 24.5 Å². The number of benzene rings is 1. The lowest BCUT2D eigenvalue weighted by Crippen LogP contribution is -2.41. The summed E-state index contributed by atoms with van der Waals surface area (Å²) in [6.45, 7) is 0.327. The van der Waals surface area contributed by atoms with Crippen molar-refractivity contribution in [3.63, 3.8) is 0 Å². The number of nitrogens with one attached hydrogen (secondary N) is 2. The highest BCUT2D eigenvalue weighted by Crippen LogP contribution is 2.23. The molecule has 1 heterocycles. The molecule has 5 nitrogen and oxygen atoms in total. The Balaban J connectivity index is 1.98. The lowest BCUT2D eigenvalue weighted by Gasteiger charge is -2.26. The van der Waals surface area contributed by atoms with E-state index in [1.54, 1.807) is 0 Å². The zero-order valence-corrected chi connectivity index (χ0v) is 9.63. The third-order valence-corrected chi connectivity index (χ3v) is 3.24. The van der Waals surface area contributed by atoms with Crippen molar-refractivity contribution in [2.45, 2.75) is 18.9 Å². The lowest BCUT2D eigenvalue weighted by molar-refractivity contribution is 0.564. The van der Waals surface area contributed by atoms with Gasteiger partial charge in [-0.2, -0.15) is 8.42 Å². The molecule has 4 N–H and O–H groups in total. The van der Waals surface area contributed by atoms with Crippen LogP contribution in [0, 0.1) is 0 Å². The average molecular weight is 241 g/mol. The molecule has 2 rings (SSSR count). The molecule has 1 atom stereocenters. The van der Waals surface area contributed by atoms with Crippen LogP contribution in [0.25, 0.3) is 0 Å². The molecule has 88 valence electrons. The first-order valence-corrected chi connectivity index (χ1v) is 6.71. The van der Waals surface area contributed by atoms with E-state index in [0.29, 0.717) is 6.54 Å². The number of hydrogen-bond donors (Lipinski definition) is 3. The molecule has 0 radical (unpaired) electrons. The maximum absolute atomic E-state index is 10.8. The molecule has 0 spiro atoms. The van der Waals surface area contributed by atoms with E-state index in [2.05, 4.69) is 16.1 Å². The van der Waals surface area contributed by atoms with Crippen molar-refractivity contribution < 1.29 is 8.42 Å². The molecule has 0 aromatic heterocycles. The van der Waals surface area contributed by atoms with Crippen molar-refractivity contribution in [1.29, 1.82) is 0 Å². The summed E-state index contributed by atoms with van der Waals surface area (Å²) in [4.78, 5) is 0. The van der Waals surface area contributed by atoms with Gasteiger partial charge in [0.1, 0.15) is 0 Å². The molecule has 1 aromatic carbocycles. The largest absolute Gasteiger partial charge is 0.381 e. The molecule has 1 aliphatic heterocycles. The minimum atomic E-state index is -3.59. The van der Waals surface area contributed by atoms with Crippen molar-refractivity contribution in [3.05, 3.63) is 29.8 Å². The Kier molecular flexibility index (Phi) is 3.13. The summed E-state index contributed by atoms with van der Waals surface area (Å²) in [7, 11) is -3.59. The molecule has 0 fully saturated rings.